The molecule has 0 saturated heterocycles. The standard InChI is InChI=1S/C10H12N2O3S3/c1-6-3-4-8(16-6)5-11-18(14,15)9-7(2)12-10(13)17-9/h3-4,11H,5H2,1-2H3,(H,12,13). The molecular weight excluding hydrogens is 292 g/mol. The van der Waals surface area contributed by atoms with Crippen LogP contribution in [0.3, 0.4) is 0 Å². The molecule has 2 N–H and O–H groups in total. The Morgan fingerprint density at radius 3 is 2.50 bits per heavy atom. The predicted octanol–water partition coefficient (Wildman–Crippen LogP) is 1.59. The van der Waals surface area contributed by atoms with Crippen LogP contribution in [0.2, 0.25) is 0 Å². The van der Waals surface area contributed by atoms with Gasteiger partial charge in [0, 0.05) is 22.0 Å². The van der Waals surface area contributed by atoms with Crippen molar-refractivity contribution in [3.05, 3.63) is 37.2 Å². The van der Waals surface area contributed by atoms with Crippen LogP contribution in [0.5, 0.6) is 0 Å². The zero-order valence-corrected chi connectivity index (χ0v) is 12.3. The van der Waals surface area contributed by atoms with Crippen LogP contribution in [0.25, 0.3) is 0 Å². The molecule has 0 spiro atoms. The number of sulfonamides is 1. The van der Waals surface area contributed by atoms with Gasteiger partial charge in [0.2, 0.25) is 0 Å². The Hall–Kier alpha value is -0.960. The molecule has 5 nitrogen and oxygen atoms in total. The molecule has 2 aromatic heterocycles. The fraction of sp³-hybridized carbons (Fsp3) is 0.300. The monoisotopic (exact) mass is 304 g/mol. The second kappa shape index (κ2) is 4.96. The van der Waals surface area contributed by atoms with Crippen LogP contribution < -0.4 is 9.60 Å². The molecule has 8 heteroatoms. The first kappa shape index (κ1) is 13.5. The van der Waals surface area contributed by atoms with Gasteiger partial charge in [0.1, 0.15) is 0 Å². The maximum atomic E-state index is 12.0. The summed E-state index contributed by atoms with van der Waals surface area (Å²) in [5.41, 5.74) is 0.375. The second-order valence-electron chi connectivity index (χ2n) is 3.76. The fourth-order valence-electron chi connectivity index (χ4n) is 1.46. The van der Waals surface area contributed by atoms with E-state index in [-0.39, 0.29) is 15.6 Å². The summed E-state index contributed by atoms with van der Waals surface area (Å²) >= 11 is 2.24. The van der Waals surface area contributed by atoms with Crippen molar-refractivity contribution in [2.75, 3.05) is 0 Å². The maximum Gasteiger partial charge on any atom is 0.305 e. The van der Waals surface area contributed by atoms with Crippen LogP contribution in [0.1, 0.15) is 15.4 Å². The Bertz CT molecular complexity index is 709. The number of aromatic nitrogens is 1. The maximum absolute atomic E-state index is 12.0. The van der Waals surface area contributed by atoms with E-state index in [0.717, 1.165) is 9.75 Å². The van der Waals surface area contributed by atoms with E-state index in [2.05, 4.69) is 9.71 Å². The van der Waals surface area contributed by atoms with Crippen molar-refractivity contribution in [3.8, 4) is 0 Å². The van der Waals surface area contributed by atoms with Crippen molar-refractivity contribution in [2.24, 2.45) is 0 Å². The van der Waals surface area contributed by atoms with Crippen molar-refractivity contribution in [2.45, 2.75) is 24.6 Å². The number of rotatable bonds is 4. The normalized spacial score (nSPS) is 11.9. The quantitative estimate of drug-likeness (QED) is 0.900. The number of aryl methyl sites for hydroxylation is 2. The van der Waals surface area contributed by atoms with Gasteiger partial charge in [-0.1, -0.05) is 11.3 Å². The Morgan fingerprint density at radius 1 is 1.28 bits per heavy atom. The summed E-state index contributed by atoms with van der Waals surface area (Å²) in [5, 5.41) is 0. The van der Waals surface area contributed by atoms with Gasteiger partial charge in [0.05, 0.1) is 0 Å². The largest absolute Gasteiger partial charge is 0.315 e. The lowest BCUT2D eigenvalue weighted by atomic mass is 10.4. The summed E-state index contributed by atoms with van der Waals surface area (Å²) in [6, 6.07) is 3.82. The molecule has 0 aliphatic carbocycles. The summed E-state index contributed by atoms with van der Waals surface area (Å²) in [6.45, 7) is 3.78. The molecule has 0 aliphatic rings. The lowest BCUT2D eigenvalue weighted by molar-refractivity contribution is 0.583. The van der Waals surface area contributed by atoms with Gasteiger partial charge >= 0.3 is 4.87 Å². The average molecular weight is 304 g/mol. The van der Waals surface area contributed by atoms with Gasteiger partial charge < -0.3 is 4.98 Å². The van der Waals surface area contributed by atoms with Crippen molar-refractivity contribution in [3.63, 3.8) is 0 Å². The fourth-order valence-corrected chi connectivity index (χ4v) is 4.73. The van der Waals surface area contributed by atoms with E-state index in [1.807, 2.05) is 19.1 Å². The van der Waals surface area contributed by atoms with Gasteiger partial charge in [-0.25, -0.2) is 13.1 Å². The first-order valence-electron chi connectivity index (χ1n) is 5.13. The Morgan fingerprint density at radius 2 is 2.00 bits per heavy atom. The lowest BCUT2D eigenvalue weighted by Gasteiger charge is -2.03. The Kier molecular flexibility index (Phi) is 3.71. The minimum absolute atomic E-state index is 0.0563. The summed E-state index contributed by atoms with van der Waals surface area (Å²) in [5.74, 6) is 0. The molecule has 0 unspecified atom stereocenters. The van der Waals surface area contributed by atoms with E-state index in [0.29, 0.717) is 17.0 Å². The van der Waals surface area contributed by atoms with E-state index in [1.165, 1.54) is 11.3 Å². The van der Waals surface area contributed by atoms with Crippen LogP contribution >= 0.6 is 22.7 Å². The Labute approximate surface area is 113 Å². The van der Waals surface area contributed by atoms with Crippen LogP contribution in [0.4, 0.5) is 0 Å². The molecule has 0 atom stereocenters. The van der Waals surface area contributed by atoms with Gasteiger partial charge in [0.25, 0.3) is 10.0 Å². The third-order valence-electron chi connectivity index (χ3n) is 2.26. The molecule has 2 rings (SSSR count). The summed E-state index contributed by atoms with van der Waals surface area (Å²) in [4.78, 5) is 15.3. The number of hydrogen-bond donors (Lipinski definition) is 2. The zero-order valence-electron chi connectivity index (χ0n) is 9.81. The number of nitrogens with one attached hydrogen (secondary N) is 2. The Balaban J connectivity index is 2.18. The highest BCUT2D eigenvalue weighted by Crippen LogP contribution is 2.18. The van der Waals surface area contributed by atoms with E-state index >= 15 is 0 Å². The summed E-state index contributed by atoms with van der Waals surface area (Å²) in [6.07, 6.45) is 0. The molecule has 0 radical (unpaired) electrons. The zero-order chi connectivity index (χ0) is 13.3. The molecule has 0 aromatic carbocycles. The van der Waals surface area contributed by atoms with Crippen LogP contribution in [0, 0.1) is 13.8 Å². The van der Waals surface area contributed by atoms with Crippen molar-refractivity contribution < 1.29 is 8.42 Å². The van der Waals surface area contributed by atoms with E-state index in [1.54, 1.807) is 6.92 Å². The first-order valence-corrected chi connectivity index (χ1v) is 8.25. The molecule has 2 aromatic rings. The van der Waals surface area contributed by atoms with Crippen LogP contribution in [-0.4, -0.2) is 13.4 Å². The predicted molar refractivity (Wildman–Crippen MR) is 72.8 cm³/mol. The van der Waals surface area contributed by atoms with Gasteiger partial charge in [0.15, 0.2) is 4.21 Å². The van der Waals surface area contributed by atoms with Gasteiger partial charge in [-0.15, -0.1) is 11.3 Å². The van der Waals surface area contributed by atoms with E-state index in [4.69, 9.17) is 0 Å². The minimum Gasteiger partial charge on any atom is -0.315 e. The highest BCUT2D eigenvalue weighted by molar-refractivity contribution is 7.91. The first-order chi connectivity index (χ1) is 8.38. The topological polar surface area (TPSA) is 79.0 Å². The molecule has 0 fully saturated rings. The molecule has 0 aliphatic heterocycles. The average Bonchev–Trinajstić information content (AvgIpc) is 2.82. The molecule has 18 heavy (non-hydrogen) atoms. The highest BCUT2D eigenvalue weighted by Gasteiger charge is 2.20. The molecule has 0 bridgehead atoms. The van der Waals surface area contributed by atoms with E-state index < -0.39 is 10.0 Å². The molecule has 2 heterocycles. The SMILES string of the molecule is Cc1ccc(CNS(=O)(=O)c2sc(=O)[nH]c2C)s1. The highest BCUT2D eigenvalue weighted by atomic mass is 32.2. The third-order valence-corrected chi connectivity index (χ3v) is 6.26. The van der Waals surface area contributed by atoms with Crippen molar-refractivity contribution in [1.29, 1.82) is 0 Å². The number of aromatic amines is 1. The lowest BCUT2D eigenvalue weighted by Crippen LogP contribution is -2.22. The second-order valence-corrected chi connectivity index (χ2v) is 8.08. The molecule has 0 saturated carbocycles. The van der Waals surface area contributed by atoms with Crippen LogP contribution in [0.15, 0.2) is 21.1 Å². The smallest absolute Gasteiger partial charge is 0.305 e. The molecule has 0 amide bonds. The molecular formula is C10H12N2O3S3. The van der Waals surface area contributed by atoms with Crippen molar-refractivity contribution >= 4 is 32.7 Å². The number of thiazole rings is 1. The third kappa shape index (κ3) is 2.89. The number of H-pyrrole nitrogens is 1. The minimum atomic E-state index is -3.62. The van der Waals surface area contributed by atoms with Crippen LogP contribution in [-0.2, 0) is 16.6 Å². The molecule has 98 valence electrons. The number of thiophene rings is 1. The van der Waals surface area contributed by atoms with E-state index in [9.17, 15) is 13.2 Å². The van der Waals surface area contributed by atoms with Crippen molar-refractivity contribution in [1.82, 2.24) is 9.71 Å². The number of hydrogen-bond acceptors (Lipinski definition) is 5. The summed E-state index contributed by atoms with van der Waals surface area (Å²) < 4.78 is 26.5. The summed E-state index contributed by atoms with van der Waals surface area (Å²) in [7, 11) is -3.62. The van der Waals surface area contributed by atoms with Gasteiger partial charge in [-0.2, -0.15) is 0 Å². The van der Waals surface area contributed by atoms with Gasteiger partial charge in [-0.05, 0) is 26.0 Å². The van der Waals surface area contributed by atoms with Gasteiger partial charge in [-0.3, -0.25) is 4.79 Å².